The molecule has 0 saturated heterocycles. The first-order valence-electron chi connectivity index (χ1n) is 4.28. The van der Waals surface area contributed by atoms with Crippen molar-refractivity contribution in [1.29, 1.82) is 0 Å². The summed E-state index contributed by atoms with van der Waals surface area (Å²) in [6, 6.07) is 0. The Morgan fingerprint density at radius 1 is 1.67 bits per heavy atom. The van der Waals surface area contributed by atoms with Gasteiger partial charge in [0.25, 0.3) is 0 Å². The van der Waals surface area contributed by atoms with Crippen LogP contribution in [-0.2, 0) is 9.53 Å². The van der Waals surface area contributed by atoms with E-state index in [4.69, 9.17) is 9.84 Å². The number of carbonyl (C=O) groups is 1. The second-order valence-electron chi connectivity index (χ2n) is 2.97. The average Bonchev–Trinajstić information content (AvgIpc) is 2.36. The molecule has 1 aliphatic rings. The maximum absolute atomic E-state index is 11.0. The normalized spacial score (nSPS) is 27.5. The van der Waals surface area contributed by atoms with Gasteiger partial charge in [-0.25, -0.2) is 0 Å². The van der Waals surface area contributed by atoms with E-state index in [2.05, 4.69) is 0 Å². The zero-order valence-corrected chi connectivity index (χ0v) is 7.19. The number of hydrogen-bond donors (Lipinski definition) is 1. The van der Waals surface area contributed by atoms with Crippen LogP contribution in [0.5, 0.6) is 0 Å². The van der Waals surface area contributed by atoms with Gasteiger partial charge in [-0.15, -0.1) is 0 Å². The number of aliphatic hydroxyl groups is 1. The average molecular weight is 170 g/mol. The highest BCUT2D eigenvalue weighted by molar-refractivity contribution is 5.69. The second-order valence-corrected chi connectivity index (χ2v) is 2.97. The highest BCUT2D eigenvalue weighted by atomic mass is 16.5. The van der Waals surface area contributed by atoms with Gasteiger partial charge in [-0.1, -0.05) is 13.0 Å². The van der Waals surface area contributed by atoms with Gasteiger partial charge in [0.1, 0.15) is 6.10 Å². The van der Waals surface area contributed by atoms with Crippen LogP contribution < -0.4 is 0 Å². The Morgan fingerprint density at radius 2 is 2.42 bits per heavy atom. The molecule has 0 fully saturated rings. The topological polar surface area (TPSA) is 46.5 Å². The Labute approximate surface area is 72.0 Å². The van der Waals surface area contributed by atoms with Gasteiger partial charge in [0.05, 0.1) is 6.10 Å². The van der Waals surface area contributed by atoms with E-state index < -0.39 is 6.10 Å². The van der Waals surface area contributed by atoms with Gasteiger partial charge in [0, 0.05) is 12.8 Å². The summed E-state index contributed by atoms with van der Waals surface area (Å²) in [6.07, 6.45) is 4.51. The third kappa shape index (κ3) is 2.66. The summed E-state index contributed by atoms with van der Waals surface area (Å²) < 4.78 is 5.04. The summed E-state index contributed by atoms with van der Waals surface area (Å²) in [6.45, 7) is 1.93. The molecule has 3 heteroatoms. The van der Waals surface area contributed by atoms with Crippen molar-refractivity contribution in [1.82, 2.24) is 0 Å². The summed E-state index contributed by atoms with van der Waals surface area (Å²) in [5.41, 5.74) is 0. The van der Waals surface area contributed by atoms with Crippen molar-refractivity contribution in [2.24, 2.45) is 0 Å². The maximum atomic E-state index is 11.0. The summed E-state index contributed by atoms with van der Waals surface area (Å²) in [5.74, 6) is -0.179. The molecule has 0 amide bonds. The van der Waals surface area contributed by atoms with Crippen LogP contribution in [0.3, 0.4) is 0 Å². The van der Waals surface area contributed by atoms with E-state index in [1.165, 1.54) is 0 Å². The predicted octanol–water partition coefficient (Wildman–Crippen LogP) is 1.02. The lowest BCUT2D eigenvalue weighted by Gasteiger charge is -2.09. The van der Waals surface area contributed by atoms with Crippen molar-refractivity contribution in [3.05, 3.63) is 12.2 Å². The van der Waals surface area contributed by atoms with E-state index in [0.717, 1.165) is 6.42 Å². The molecule has 0 spiro atoms. The van der Waals surface area contributed by atoms with Crippen LogP contribution in [0, 0.1) is 0 Å². The van der Waals surface area contributed by atoms with Crippen LogP contribution in [0.25, 0.3) is 0 Å². The number of rotatable bonds is 3. The van der Waals surface area contributed by atoms with Gasteiger partial charge >= 0.3 is 5.97 Å². The Bertz CT molecular complexity index is 186. The van der Waals surface area contributed by atoms with Gasteiger partial charge in [-0.2, -0.15) is 0 Å². The Kier molecular flexibility index (Phi) is 3.29. The molecule has 0 aromatic rings. The fourth-order valence-corrected chi connectivity index (χ4v) is 1.17. The first-order valence-corrected chi connectivity index (χ1v) is 4.28. The summed E-state index contributed by atoms with van der Waals surface area (Å²) >= 11 is 0. The molecule has 12 heavy (non-hydrogen) atoms. The summed E-state index contributed by atoms with van der Waals surface area (Å²) in [7, 11) is 0. The lowest BCUT2D eigenvalue weighted by molar-refractivity contribution is -0.147. The van der Waals surface area contributed by atoms with Crippen LogP contribution in [0.1, 0.15) is 26.2 Å². The molecule has 1 rings (SSSR count). The molecule has 0 aliphatic heterocycles. The minimum absolute atomic E-state index is 0.179. The number of ether oxygens (including phenoxy) is 1. The van der Waals surface area contributed by atoms with Crippen molar-refractivity contribution in [2.45, 2.75) is 38.4 Å². The Hall–Kier alpha value is -0.830. The molecule has 0 aromatic heterocycles. The highest BCUT2D eigenvalue weighted by Crippen LogP contribution is 2.14. The molecule has 2 unspecified atom stereocenters. The van der Waals surface area contributed by atoms with Crippen LogP contribution in [-0.4, -0.2) is 23.3 Å². The highest BCUT2D eigenvalue weighted by Gasteiger charge is 2.19. The quantitative estimate of drug-likeness (QED) is 0.508. The standard InChI is InChI=1S/C9H14O3/c1-2-3-9(11)12-8-5-4-7(10)6-8/h4-5,7-8,10H,2-3,6H2,1H3. The number of carbonyl (C=O) groups excluding carboxylic acids is 1. The van der Waals surface area contributed by atoms with E-state index in [1.54, 1.807) is 12.2 Å². The zero-order valence-electron chi connectivity index (χ0n) is 7.19. The van der Waals surface area contributed by atoms with Crippen molar-refractivity contribution >= 4 is 5.97 Å². The summed E-state index contributed by atoms with van der Waals surface area (Å²) in [4.78, 5) is 11.0. The lowest BCUT2D eigenvalue weighted by Crippen LogP contribution is -2.15. The van der Waals surface area contributed by atoms with Crippen LogP contribution in [0.15, 0.2) is 12.2 Å². The molecule has 0 bridgehead atoms. The van der Waals surface area contributed by atoms with Crippen LogP contribution in [0.2, 0.25) is 0 Å². The first-order chi connectivity index (χ1) is 5.72. The molecule has 0 saturated carbocycles. The fourth-order valence-electron chi connectivity index (χ4n) is 1.17. The molecule has 0 radical (unpaired) electrons. The summed E-state index contributed by atoms with van der Waals surface area (Å²) in [5, 5.41) is 9.06. The van der Waals surface area contributed by atoms with Crippen molar-refractivity contribution in [3.8, 4) is 0 Å². The van der Waals surface area contributed by atoms with E-state index >= 15 is 0 Å². The SMILES string of the molecule is CCCC(=O)OC1C=CC(O)C1. The molecular weight excluding hydrogens is 156 g/mol. The van der Waals surface area contributed by atoms with Gasteiger partial charge < -0.3 is 9.84 Å². The Balaban J connectivity index is 2.24. The van der Waals surface area contributed by atoms with Crippen LogP contribution in [0.4, 0.5) is 0 Å². The van der Waals surface area contributed by atoms with E-state index in [-0.39, 0.29) is 12.1 Å². The van der Waals surface area contributed by atoms with Crippen molar-refractivity contribution in [3.63, 3.8) is 0 Å². The molecule has 2 atom stereocenters. The van der Waals surface area contributed by atoms with Crippen molar-refractivity contribution < 1.29 is 14.6 Å². The van der Waals surface area contributed by atoms with Crippen molar-refractivity contribution in [2.75, 3.05) is 0 Å². The third-order valence-electron chi connectivity index (χ3n) is 1.76. The second kappa shape index (κ2) is 4.26. The number of hydrogen-bond acceptors (Lipinski definition) is 3. The predicted molar refractivity (Wildman–Crippen MR) is 44.6 cm³/mol. The number of aliphatic hydroxyl groups excluding tert-OH is 1. The maximum Gasteiger partial charge on any atom is 0.306 e. The van der Waals surface area contributed by atoms with E-state index in [1.807, 2.05) is 6.92 Å². The van der Waals surface area contributed by atoms with Gasteiger partial charge in [-0.3, -0.25) is 4.79 Å². The molecule has 0 heterocycles. The zero-order chi connectivity index (χ0) is 8.97. The Morgan fingerprint density at radius 3 is 2.92 bits per heavy atom. The minimum atomic E-state index is -0.440. The number of esters is 1. The largest absolute Gasteiger partial charge is 0.458 e. The minimum Gasteiger partial charge on any atom is -0.458 e. The van der Waals surface area contributed by atoms with Gasteiger partial charge in [0.15, 0.2) is 0 Å². The first kappa shape index (κ1) is 9.26. The molecule has 1 aliphatic carbocycles. The third-order valence-corrected chi connectivity index (χ3v) is 1.76. The molecular formula is C9H14O3. The molecule has 0 aromatic carbocycles. The lowest BCUT2D eigenvalue weighted by atomic mass is 10.3. The van der Waals surface area contributed by atoms with Gasteiger partial charge in [-0.05, 0) is 12.5 Å². The van der Waals surface area contributed by atoms with Crippen LogP contribution >= 0.6 is 0 Å². The smallest absolute Gasteiger partial charge is 0.306 e. The van der Waals surface area contributed by atoms with E-state index in [9.17, 15) is 4.79 Å². The van der Waals surface area contributed by atoms with E-state index in [0.29, 0.717) is 12.8 Å². The van der Waals surface area contributed by atoms with Gasteiger partial charge in [0.2, 0.25) is 0 Å². The molecule has 68 valence electrons. The monoisotopic (exact) mass is 170 g/mol. The molecule has 3 nitrogen and oxygen atoms in total. The fraction of sp³-hybridized carbons (Fsp3) is 0.667. The molecule has 1 N–H and O–H groups in total.